The van der Waals surface area contributed by atoms with Gasteiger partial charge in [0.2, 0.25) is 0 Å². The third-order valence-electron chi connectivity index (χ3n) is 3.12. The lowest BCUT2D eigenvalue weighted by molar-refractivity contribution is 0.0697. The zero-order chi connectivity index (χ0) is 15.4. The maximum atomic E-state index is 11.0. The highest BCUT2D eigenvalue weighted by Gasteiger charge is 2.05. The van der Waals surface area contributed by atoms with Crippen molar-refractivity contribution in [2.24, 2.45) is 0 Å². The zero-order valence-corrected chi connectivity index (χ0v) is 12.8. The topological polar surface area (TPSA) is 75.1 Å². The molecule has 0 atom stereocenters. The molecule has 2 N–H and O–H groups in total. The minimum Gasteiger partial charge on any atom is -0.478 e. The summed E-state index contributed by atoms with van der Waals surface area (Å²) in [5.41, 5.74) is 2.68. The van der Waals surface area contributed by atoms with Gasteiger partial charge >= 0.3 is 5.97 Å². The van der Waals surface area contributed by atoms with Crippen LogP contribution in [0, 0.1) is 0 Å². The molecule has 0 fully saturated rings. The minimum atomic E-state index is -0.962. The molecule has 23 heavy (non-hydrogen) atoms. The van der Waals surface area contributed by atoms with Gasteiger partial charge in [-0.25, -0.2) is 14.8 Å². The second-order valence-corrected chi connectivity index (χ2v) is 4.67. The second-order valence-electron chi connectivity index (χ2n) is 4.67. The van der Waals surface area contributed by atoms with E-state index in [1.807, 2.05) is 36.4 Å². The van der Waals surface area contributed by atoms with Gasteiger partial charge in [0.1, 0.15) is 12.1 Å². The van der Waals surface area contributed by atoms with Crippen molar-refractivity contribution in [3.8, 4) is 11.3 Å². The Kier molecular flexibility index (Phi) is 5.28. The molecule has 0 aliphatic heterocycles. The molecule has 0 spiro atoms. The van der Waals surface area contributed by atoms with Gasteiger partial charge in [-0.2, -0.15) is 0 Å². The Morgan fingerprint density at radius 2 is 1.74 bits per heavy atom. The predicted octanol–water partition coefficient (Wildman–Crippen LogP) is 4.01. The van der Waals surface area contributed by atoms with Gasteiger partial charge in [-0.15, -0.1) is 12.4 Å². The summed E-state index contributed by atoms with van der Waals surface area (Å²) in [4.78, 5) is 19.4. The fraction of sp³-hybridized carbons (Fsp3) is 0. The third kappa shape index (κ3) is 4.05. The molecule has 0 saturated carbocycles. The van der Waals surface area contributed by atoms with Crippen molar-refractivity contribution in [2.45, 2.75) is 0 Å². The molecule has 1 heterocycles. The van der Waals surface area contributed by atoms with Crippen LogP contribution in [0.25, 0.3) is 11.3 Å². The van der Waals surface area contributed by atoms with Crippen LogP contribution in [0.3, 0.4) is 0 Å². The van der Waals surface area contributed by atoms with Gasteiger partial charge in [0, 0.05) is 17.3 Å². The predicted molar refractivity (Wildman–Crippen MR) is 91.4 cm³/mol. The molecule has 2 aromatic carbocycles. The van der Waals surface area contributed by atoms with Crippen molar-refractivity contribution in [3.63, 3.8) is 0 Å². The number of carboxylic acid groups (broad SMARTS) is 1. The molecular weight excluding hydrogens is 314 g/mol. The van der Waals surface area contributed by atoms with E-state index in [1.165, 1.54) is 6.33 Å². The molecule has 0 radical (unpaired) electrons. The summed E-state index contributed by atoms with van der Waals surface area (Å²) in [5, 5.41) is 12.1. The highest BCUT2D eigenvalue weighted by Crippen LogP contribution is 2.21. The highest BCUT2D eigenvalue weighted by atomic mass is 35.5. The minimum absolute atomic E-state index is 0. The van der Waals surface area contributed by atoms with Crippen molar-refractivity contribution in [2.75, 3.05) is 5.32 Å². The van der Waals surface area contributed by atoms with Gasteiger partial charge in [-0.3, -0.25) is 0 Å². The first kappa shape index (κ1) is 16.5. The molecule has 0 unspecified atom stereocenters. The van der Waals surface area contributed by atoms with Crippen molar-refractivity contribution in [3.05, 3.63) is 72.6 Å². The normalized spacial score (nSPS) is 9.74. The van der Waals surface area contributed by atoms with Crippen LogP contribution in [0.15, 0.2) is 67.0 Å². The van der Waals surface area contributed by atoms with Gasteiger partial charge in [-0.05, 0) is 18.2 Å². The van der Waals surface area contributed by atoms with E-state index in [1.54, 1.807) is 24.3 Å². The Hall–Kier alpha value is -2.92. The summed E-state index contributed by atoms with van der Waals surface area (Å²) in [6.45, 7) is 0. The van der Waals surface area contributed by atoms with Crippen LogP contribution in [-0.2, 0) is 0 Å². The number of nitrogens with zero attached hydrogens (tertiary/aromatic N) is 2. The number of aromatic carboxylic acids is 1. The lowest BCUT2D eigenvalue weighted by Gasteiger charge is -2.07. The van der Waals surface area contributed by atoms with Gasteiger partial charge < -0.3 is 10.4 Å². The third-order valence-corrected chi connectivity index (χ3v) is 3.12. The molecule has 1 aromatic heterocycles. The van der Waals surface area contributed by atoms with E-state index in [4.69, 9.17) is 5.11 Å². The Labute approximate surface area is 139 Å². The molecule has 0 amide bonds. The number of hydrogen-bond donors (Lipinski definition) is 2. The molecule has 0 saturated heterocycles. The van der Waals surface area contributed by atoms with Crippen LogP contribution in [0.1, 0.15) is 10.4 Å². The summed E-state index contributed by atoms with van der Waals surface area (Å²) in [6.07, 6.45) is 1.48. The van der Waals surface area contributed by atoms with E-state index in [-0.39, 0.29) is 18.0 Å². The van der Waals surface area contributed by atoms with Gasteiger partial charge in [0.05, 0.1) is 11.3 Å². The van der Waals surface area contributed by atoms with E-state index < -0.39 is 5.97 Å². The van der Waals surface area contributed by atoms with Crippen LogP contribution >= 0.6 is 12.4 Å². The number of anilines is 2. The first-order chi connectivity index (χ1) is 10.7. The summed E-state index contributed by atoms with van der Waals surface area (Å²) < 4.78 is 0. The SMILES string of the molecule is Cl.O=C(O)c1cccc(Nc2cc(-c3ccccc3)ncn2)c1. The Balaban J connectivity index is 0.00000192. The van der Waals surface area contributed by atoms with Crippen molar-refractivity contribution in [1.82, 2.24) is 9.97 Å². The number of carboxylic acids is 1. The number of benzene rings is 2. The summed E-state index contributed by atoms with van der Waals surface area (Å²) >= 11 is 0. The average molecular weight is 328 g/mol. The average Bonchev–Trinajstić information content (AvgIpc) is 2.56. The number of halogens is 1. The molecule has 3 aromatic rings. The summed E-state index contributed by atoms with van der Waals surface area (Å²) in [6, 6.07) is 18.2. The highest BCUT2D eigenvalue weighted by molar-refractivity contribution is 5.89. The number of hydrogen-bond acceptors (Lipinski definition) is 4. The van der Waals surface area contributed by atoms with E-state index in [9.17, 15) is 4.79 Å². The molecule has 5 nitrogen and oxygen atoms in total. The number of aromatic nitrogens is 2. The standard InChI is InChI=1S/C17H13N3O2.ClH/c21-17(22)13-7-4-8-14(9-13)20-16-10-15(18-11-19-16)12-5-2-1-3-6-12;/h1-11H,(H,21,22)(H,18,19,20);1H. The van der Waals surface area contributed by atoms with Crippen molar-refractivity contribution in [1.29, 1.82) is 0 Å². The summed E-state index contributed by atoms with van der Waals surface area (Å²) in [5.74, 6) is -0.354. The van der Waals surface area contributed by atoms with Gasteiger partial charge in [0.25, 0.3) is 0 Å². The van der Waals surface area contributed by atoms with Crippen LogP contribution in [0.5, 0.6) is 0 Å². The largest absolute Gasteiger partial charge is 0.478 e. The molecule has 0 aliphatic carbocycles. The lowest BCUT2D eigenvalue weighted by Crippen LogP contribution is -1.99. The van der Waals surface area contributed by atoms with Crippen LogP contribution < -0.4 is 5.32 Å². The quantitative estimate of drug-likeness (QED) is 0.757. The number of rotatable bonds is 4. The van der Waals surface area contributed by atoms with Gasteiger partial charge in [-0.1, -0.05) is 36.4 Å². The second kappa shape index (κ2) is 7.38. The maximum absolute atomic E-state index is 11.0. The lowest BCUT2D eigenvalue weighted by atomic mass is 10.1. The van der Waals surface area contributed by atoms with E-state index in [0.717, 1.165) is 11.3 Å². The first-order valence-corrected chi connectivity index (χ1v) is 6.70. The monoisotopic (exact) mass is 327 g/mol. The summed E-state index contributed by atoms with van der Waals surface area (Å²) in [7, 11) is 0. The molecule has 3 rings (SSSR count). The fourth-order valence-electron chi connectivity index (χ4n) is 2.07. The van der Waals surface area contributed by atoms with E-state index >= 15 is 0 Å². The molecular formula is C17H14ClN3O2. The Bertz CT molecular complexity index is 810. The van der Waals surface area contributed by atoms with E-state index in [2.05, 4.69) is 15.3 Å². The Morgan fingerprint density at radius 3 is 2.48 bits per heavy atom. The molecule has 116 valence electrons. The van der Waals surface area contributed by atoms with E-state index in [0.29, 0.717) is 11.5 Å². The van der Waals surface area contributed by atoms with Crippen LogP contribution in [0.2, 0.25) is 0 Å². The molecule has 0 aliphatic rings. The van der Waals surface area contributed by atoms with Gasteiger partial charge in [0.15, 0.2) is 0 Å². The number of nitrogens with one attached hydrogen (secondary N) is 1. The zero-order valence-electron chi connectivity index (χ0n) is 12.0. The number of carbonyl (C=O) groups is 1. The first-order valence-electron chi connectivity index (χ1n) is 6.70. The molecule has 0 bridgehead atoms. The molecule has 6 heteroatoms. The van der Waals surface area contributed by atoms with Crippen molar-refractivity contribution >= 4 is 29.9 Å². The Morgan fingerprint density at radius 1 is 0.957 bits per heavy atom. The smallest absolute Gasteiger partial charge is 0.335 e. The fourth-order valence-corrected chi connectivity index (χ4v) is 2.07. The maximum Gasteiger partial charge on any atom is 0.335 e. The van der Waals surface area contributed by atoms with Crippen LogP contribution in [0.4, 0.5) is 11.5 Å². The van der Waals surface area contributed by atoms with Crippen LogP contribution in [-0.4, -0.2) is 21.0 Å². The van der Waals surface area contributed by atoms with Crippen molar-refractivity contribution < 1.29 is 9.90 Å².